The third-order valence-corrected chi connectivity index (χ3v) is 9.56. The second-order valence-electron chi connectivity index (χ2n) is 14.2. The number of esters is 2. The summed E-state index contributed by atoms with van der Waals surface area (Å²) in [6.45, 7) is 2.48. The van der Waals surface area contributed by atoms with Crippen molar-refractivity contribution in [2.24, 2.45) is 5.73 Å². The Labute approximate surface area is 354 Å². The van der Waals surface area contributed by atoms with Crippen molar-refractivity contribution < 1.29 is 52.3 Å². The summed E-state index contributed by atoms with van der Waals surface area (Å²) in [4.78, 5) is 57.6. The second-order valence-corrected chi connectivity index (χ2v) is 15.6. The molecule has 0 aromatic carbocycles. The van der Waals surface area contributed by atoms with E-state index < -0.39 is 57.7 Å². The molecule has 0 fully saturated rings. The summed E-state index contributed by atoms with van der Waals surface area (Å²) in [6.07, 6.45) is 45.0. The van der Waals surface area contributed by atoms with Crippen LogP contribution in [0.5, 0.6) is 0 Å². The van der Waals surface area contributed by atoms with Crippen LogP contribution in [0.4, 0.5) is 0 Å². The Morgan fingerprint density at radius 2 is 1.08 bits per heavy atom. The van der Waals surface area contributed by atoms with Gasteiger partial charge in [0, 0.05) is 19.3 Å². The molecule has 0 aliphatic carbocycles. The molecular weight excluding hydrogens is 773 g/mol. The minimum absolute atomic E-state index is 0.0155. The average molecular weight is 848 g/mol. The molecule has 0 rings (SSSR count). The molecule has 0 saturated heterocycles. The highest BCUT2D eigenvalue weighted by atomic mass is 31.2. The van der Waals surface area contributed by atoms with Gasteiger partial charge in [0.2, 0.25) is 0 Å². The van der Waals surface area contributed by atoms with Crippen LogP contribution in [0.15, 0.2) is 85.1 Å². The van der Waals surface area contributed by atoms with Gasteiger partial charge in [-0.05, 0) is 76.7 Å². The number of aliphatic carboxylic acids is 1. The molecule has 0 aliphatic heterocycles. The van der Waals surface area contributed by atoms with Crippen LogP contribution < -0.4 is 5.73 Å². The van der Waals surface area contributed by atoms with E-state index in [4.69, 9.17) is 24.8 Å². The van der Waals surface area contributed by atoms with Gasteiger partial charge in [0.25, 0.3) is 0 Å². The molecule has 4 N–H and O–H groups in total. The van der Waals surface area contributed by atoms with Crippen LogP contribution in [0.2, 0.25) is 0 Å². The molecule has 12 nitrogen and oxygen atoms in total. The van der Waals surface area contributed by atoms with E-state index in [2.05, 4.69) is 60.9 Å². The number of ketones is 1. The first-order chi connectivity index (χ1) is 28.5. The lowest BCUT2D eigenvalue weighted by molar-refractivity contribution is -0.161. The van der Waals surface area contributed by atoms with E-state index in [1.807, 2.05) is 30.4 Å². The number of allylic oxidation sites excluding steroid dienone is 14. The molecule has 0 spiro atoms. The van der Waals surface area contributed by atoms with Crippen molar-refractivity contribution >= 4 is 31.5 Å². The SMILES string of the molecule is CCCCC/C=C\C/C=C\C/C=C\C/C=C\C/C=C\CCC(=O)O[C@H](COC(=O)CCCCCCC/C=C\C=C\C(=O)CCCCC)COP(=O)(O)OC[C@H](N)C(=O)O. The number of phosphoric acid groups is 1. The zero-order chi connectivity index (χ0) is 43.7. The van der Waals surface area contributed by atoms with Crippen molar-refractivity contribution in [1.82, 2.24) is 0 Å². The number of carbonyl (C=O) groups excluding carboxylic acids is 3. The smallest absolute Gasteiger partial charge is 0.472 e. The van der Waals surface area contributed by atoms with Gasteiger partial charge in [-0.15, -0.1) is 0 Å². The zero-order valence-corrected chi connectivity index (χ0v) is 36.7. The predicted molar refractivity (Wildman–Crippen MR) is 235 cm³/mol. The van der Waals surface area contributed by atoms with Gasteiger partial charge in [-0.1, -0.05) is 138 Å². The van der Waals surface area contributed by atoms with Gasteiger partial charge in [-0.25, -0.2) is 4.57 Å². The predicted octanol–water partition coefficient (Wildman–Crippen LogP) is 10.7. The first-order valence-electron chi connectivity index (χ1n) is 21.6. The molecule has 0 radical (unpaired) electrons. The molecular formula is C46H74NO11P. The average Bonchev–Trinajstić information content (AvgIpc) is 3.20. The lowest BCUT2D eigenvalue weighted by atomic mass is 10.1. The summed E-state index contributed by atoms with van der Waals surface area (Å²) in [5.41, 5.74) is 5.32. The summed E-state index contributed by atoms with van der Waals surface area (Å²) in [5, 5.41) is 8.88. The number of unbranched alkanes of at least 4 members (excludes halogenated alkanes) is 10. The molecule has 0 aromatic rings. The molecule has 0 amide bonds. The number of carboxylic acid groups (broad SMARTS) is 1. The van der Waals surface area contributed by atoms with E-state index in [1.165, 1.54) is 19.3 Å². The number of phosphoric ester groups is 1. The van der Waals surface area contributed by atoms with Crippen LogP contribution in [0.1, 0.15) is 149 Å². The van der Waals surface area contributed by atoms with Crippen molar-refractivity contribution in [2.75, 3.05) is 19.8 Å². The fourth-order valence-electron chi connectivity index (χ4n) is 5.14. The molecule has 0 heterocycles. The quantitative estimate of drug-likeness (QED) is 0.0133. The lowest BCUT2D eigenvalue weighted by Gasteiger charge is -2.20. The van der Waals surface area contributed by atoms with E-state index >= 15 is 0 Å². The minimum atomic E-state index is -4.76. The van der Waals surface area contributed by atoms with E-state index in [1.54, 1.807) is 12.2 Å². The number of hydrogen-bond donors (Lipinski definition) is 3. The molecule has 0 aromatic heterocycles. The number of rotatable bonds is 39. The van der Waals surface area contributed by atoms with Crippen molar-refractivity contribution in [3.05, 3.63) is 85.1 Å². The van der Waals surface area contributed by atoms with Crippen molar-refractivity contribution in [3.8, 4) is 0 Å². The van der Waals surface area contributed by atoms with Crippen LogP contribution in [0, 0.1) is 0 Å². The zero-order valence-electron chi connectivity index (χ0n) is 35.8. The Bertz CT molecular complexity index is 1380. The number of carboxylic acids is 1. The first kappa shape index (κ1) is 55.3. The Morgan fingerprint density at radius 3 is 1.71 bits per heavy atom. The molecule has 0 bridgehead atoms. The van der Waals surface area contributed by atoms with E-state index in [-0.39, 0.29) is 18.6 Å². The van der Waals surface area contributed by atoms with Gasteiger partial charge in [0.05, 0.1) is 13.2 Å². The van der Waals surface area contributed by atoms with Crippen molar-refractivity contribution in [3.63, 3.8) is 0 Å². The summed E-state index contributed by atoms with van der Waals surface area (Å²) in [6, 6.07) is -1.55. The maximum atomic E-state index is 12.6. The Hall–Kier alpha value is -3.67. The number of ether oxygens (including phenoxy) is 2. The van der Waals surface area contributed by atoms with Crippen LogP contribution in [-0.4, -0.2) is 65.7 Å². The third kappa shape index (κ3) is 39.6. The fraction of sp³-hybridized carbons (Fsp3) is 0.609. The van der Waals surface area contributed by atoms with Gasteiger partial charge < -0.3 is 25.2 Å². The standard InChI is InChI=1S/C46H74NO11P/c1-3-5-7-8-9-10-11-12-13-14-15-16-17-18-19-22-26-29-33-37-45(50)58-42(39-56-59(53,54)57-40-43(47)46(51)52)38-55-44(49)36-32-28-25-23-20-21-24-27-31-35-41(48)34-30-6-4-2/h9-10,12-13,15-16,18-19,24,26-27,29,31,35,42-43H,3-8,11,14,17,20-23,25,28,30,32-34,36-40,47H2,1-2H3,(H,51,52)(H,53,54)/b10-9-,13-12-,16-15-,19-18-,27-24-,29-26-,35-31+/t42-,43+/m1/s1. The van der Waals surface area contributed by atoms with Crippen LogP contribution in [-0.2, 0) is 42.3 Å². The number of hydrogen-bond acceptors (Lipinski definition) is 10. The van der Waals surface area contributed by atoms with Crippen molar-refractivity contribution in [2.45, 2.75) is 161 Å². The van der Waals surface area contributed by atoms with Crippen LogP contribution in [0.25, 0.3) is 0 Å². The summed E-state index contributed by atoms with van der Waals surface area (Å²) >= 11 is 0. The van der Waals surface area contributed by atoms with Gasteiger partial charge in [-0.3, -0.25) is 28.2 Å². The first-order valence-corrected chi connectivity index (χ1v) is 23.1. The van der Waals surface area contributed by atoms with Gasteiger partial charge in [0.1, 0.15) is 12.6 Å². The Morgan fingerprint density at radius 1 is 0.576 bits per heavy atom. The number of nitrogens with two attached hydrogens (primary N) is 1. The highest BCUT2D eigenvalue weighted by molar-refractivity contribution is 7.47. The maximum Gasteiger partial charge on any atom is 0.472 e. The van der Waals surface area contributed by atoms with Crippen LogP contribution >= 0.6 is 7.82 Å². The fourth-order valence-corrected chi connectivity index (χ4v) is 5.92. The van der Waals surface area contributed by atoms with E-state index in [9.17, 15) is 28.6 Å². The highest BCUT2D eigenvalue weighted by Crippen LogP contribution is 2.43. The summed E-state index contributed by atoms with van der Waals surface area (Å²) in [7, 11) is -4.76. The Kier molecular flexibility index (Phi) is 37.3. The normalized spacial score (nSPS) is 14.4. The molecule has 59 heavy (non-hydrogen) atoms. The molecule has 1 unspecified atom stereocenters. The van der Waals surface area contributed by atoms with Crippen LogP contribution in [0.3, 0.4) is 0 Å². The van der Waals surface area contributed by atoms with Gasteiger partial charge in [-0.2, -0.15) is 0 Å². The monoisotopic (exact) mass is 847 g/mol. The largest absolute Gasteiger partial charge is 0.480 e. The highest BCUT2D eigenvalue weighted by Gasteiger charge is 2.28. The summed E-state index contributed by atoms with van der Waals surface area (Å²) in [5.74, 6) is -2.41. The maximum absolute atomic E-state index is 12.6. The van der Waals surface area contributed by atoms with Gasteiger partial charge in [0.15, 0.2) is 11.9 Å². The second kappa shape index (κ2) is 39.8. The molecule has 0 aliphatic rings. The lowest BCUT2D eigenvalue weighted by Crippen LogP contribution is -2.34. The third-order valence-electron chi connectivity index (χ3n) is 8.61. The minimum Gasteiger partial charge on any atom is -0.480 e. The molecule has 3 atom stereocenters. The molecule has 334 valence electrons. The van der Waals surface area contributed by atoms with Crippen molar-refractivity contribution in [1.29, 1.82) is 0 Å². The Balaban J connectivity index is 4.58. The van der Waals surface area contributed by atoms with Gasteiger partial charge >= 0.3 is 25.7 Å². The summed E-state index contributed by atoms with van der Waals surface area (Å²) < 4.78 is 32.5. The number of carbonyl (C=O) groups is 4. The topological polar surface area (TPSA) is 189 Å². The van der Waals surface area contributed by atoms with E-state index in [0.29, 0.717) is 25.7 Å². The molecule has 13 heteroatoms. The molecule has 0 saturated carbocycles. The van der Waals surface area contributed by atoms with E-state index in [0.717, 1.165) is 77.0 Å².